The minimum atomic E-state index is -4.32. The molecule has 1 aliphatic heterocycles. The Morgan fingerprint density at radius 2 is 2.27 bits per heavy atom. The van der Waals surface area contributed by atoms with Crippen LogP contribution in [0.2, 0.25) is 0 Å². The van der Waals surface area contributed by atoms with E-state index >= 15 is 0 Å². The van der Waals surface area contributed by atoms with Gasteiger partial charge in [-0.15, -0.1) is 0 Å². The lowest BCUT2D eigenvalue weighted by molar-refractivity contribution is -0.189. The Hall–Kier alpha value is -0.820. The van der Waals surface area contributed by atoms with E-state index in [1.807, 2.05) is 0 Å². The van der Waals surface area contributed by atoms with Crippen molar-refractivity contribution in [2.75, 3.05) is 33.4 Å². The highest BCUT2D eigenvalue weighted by Gasteiger charge is 2.45. The number of ether oxygens (including phenoxy) is 1. The molecule has 0 aromatic rings. The van der Waals surface area contributed by atoms with Crippen LogP contribution in [0.15, 0.2) is 0 Å². The van der Waals surface area contributed by atoms with Gasteiger partial charge in [0, 0.05) is 20.2 Å². The van der Waals surface area contributed by atoms with Crippen molar-refractivity contribution in [1.82, 2.24) is 10.2 Å². The van der Waals surface area contributed by atoms with Gasteiger partial charge in [0.25, 0.3) is 0 Å². The predicted molar refractivity (Wildman–Crippen MR) is 46.3 cm³/mol. The topological polar surface area (TPSA) is 41.6 Å². The largest absolute Gasteiger partial charge is 0.405 e. The lowest BCUT2D eigenvalue weighted by atomic mass is 10.2. The summed E-state index contributed by atoms with van der Waals surface area (Å²) in [6.07, 6.45) is -4.32. The second-order valence-electron chi connectivity index (χ2n) is 3.32. The second-order valence-corrected chi connectivity index (χ2v) is 3.32. The highest BCUT2D eigenvalue weighted by molar-refractivity contribution is 5.78. The number of methoxy groups -OCH3 is 1. The third-order valence-corrected chi connectivity index (χ3v) is 2.24. The average Bonchev–Trinajstić information content (AvgIpc) is 2.12. The lowest BCUT2D eigenvalue weighted by Crippen LogP contribution is -2.60. The Morgan fingerprint density at radius 3 is 2.80 bits per heavy atom. The summed E-state index contributed by atoms with van der Waals surface area (Å²) in [5.41, 5.74) is 0. The number of halogens is 3. The summed E-state index contributed by atoms with van der Waals surface area (Å²) in [6.45, 7) is -0.326. The number of carbonyl (C=O) groups excluding carboxylic acids is 1. The Balaban J connectivity index is 2.62. The lowest BCUT2D eigenvalue weighted by Gasteiger charge is -2.36. The zero-order valence-corrected chi connectivity index (χ0v) is 8.30. The molecule has 1 unspecified atom stereocenters. The first kappa shape index (κ1) is 12.3. The molecule has 1 atom stereocenters. The zero-order valence-electron chi connectivity index (χ0n) is 8.30. The Labute approximate surface area is 85.4 Å². The van der Waals surface area contributed by atoms with Crippen molar-refractivity contribution in [3.05, 3.63) is 0 Å². The highest BCUT2D eigenvalue weighted by atomic mass is 19.4. The van der Waals surface area contributed by atoms with Crippen LogP contribution < -0.4 is 5.32 Å². The standard InChI is InChI=1S/C8H13F3N2O2/c1-15-3-2-13-5-7(14)12-4-6(13)8(9,10)11/h6H,2-5H2,1H3,(H,12,14). The van der Waals surface area contributed by atoms with Gasteiger partial charge in [-0.2, -0.15) is 13.2 Å². The molecule has 0 saturated carbocycles. The fourth-order valence-electron chi connectivity index (χ4n) is 1.46. The van der Waals surface area contributed by atoms with Crippen molar-refractivity contribution in [1.29, 1.82) is 0 Å². The zero-order chi connectivity index (χ0) is 11.5. The van der Waals surface area contributed by atoms with Crippen LogP contribution in [0, 0.1) is 0 Å². The fraction of sp³-hybridized carbons (Fsp3) is 0.875. The molecule has 1 heterocycles. The van der Waals surface area contributed by atoms with Gasteiger partial charge in [-0.3, -0.25) is 9.69 Å². The van der Waals surface area contributed by atoms with E-state index in [2.05, 4.69) is 5.32 Å². The molecule has 0 aromatic heterocycles. The van der Waals surface area contributed by atoms with E-state index in [1.165, 1.54) is 7.11 Å². The number of piperazine rings is 1. The van der Waals surface area contributed by atoms with E-state index in [1.54, 1.807) is 0 Å². The molecule has 0 aliphatic carbocycles. The molecule has 0 spiro atoms. The van der Waals surface area contributed by atoms with Gasteiger partial charge in [0.2, 0.25) is 5.91 Å². The molecule has 15 heavy (non-hydrogen) atoms. The van der Waals surface area contributed by atoms with Crippen molar-refractivity contribution < 1.29 is 22.7 Å². The van der Waals surface area contributed by atoms with Crippen molar-refractivity contribution in [3.8, 4) is 0 Å². The van der Waals surface area contributed by atoms with Crippen LogP contribution in [-0.2, 0) is 9.53 Å². The fourth-order valence-corrected chi connectivity index (χ4v) is 1.46. The molecule has 1 N–H and O–H groups in total. The molecule has 88 valence electrons. The van der Waals surface area contributed by atoms with Crippen molar-refractivity contribution in [2.45, 2.75) is 12.2 Å². The first-order valence-electron chi connectivity index (χ1n) is 4.51. The molecule has 1 aliphatic rings. The van der Waals surface area contributed by atoms with Crippen LogP contribution in [0.4, 0.5) is 13.2 Å². The van der Waals surface area contributed by atoms with Gasteiger partial charge in [0.15, 0.2) is 0 Å². The molecule has 1 amide bonds. The third-order valence-electron chi connectivity index (χ3n) is 2.24. The Morgan fingerprint density at radius 1 is 1.60 bits per heavy atom. The number of rotatable bonds is 3. The Kier molecular flexibility index (Phi) is 3.92. The summed E-state index contributed by atoms with van der Waals surface area (Å²) in [5, 5.41) is 2.20. The summed E-state index contributed by atoms with van der Waals surface area (Å²) in [6, 6.07) is -1.61. The molecule has 0 radical (unpaired) electrons. The minimum Gasteiger partial charge on any atom is -0.383 e. The smallest absolute Gasteiger partial charge is 0.383 e. The number of hydrogen-bond acceptors (Lipinski definition) is 3. The summed E-state index contributed by atoms with van der Waals surface area (Å²) >= 11 is 0. The van der Waals surface area contributed by atoms with Gasteiger partial charge in [0.1, 0.15) is 6.04 Å². The van der Waals surface area contributed by atoms with Crippen molar-refractivity contribution >= 4 is 5.91 Å². The molecule has 7 heteroatoms. The summed E-state index contributed by atoms with van der Waals surface area (Å²) in [4.78, 5) is 12.0. The predicted octanol–water partition coefficient (Wildman–Crippen LogP) is -0.00450. The maximum atomic E-state index is 12.5. The van der Waals surface area contributed by atoms with Gasteiger partial charge in [0.05, 0.1) is 13.2 Å². The quantitative estimate of drug-likeness (QED) is 0.736. The van der Waals surface area contributed by atoms with E-state index in [9.17, 15) is 18.0 Å². The molecule has 0 bridgehead atoms. The molecule has 1 fully saturated rings. The molecule has 1 rings (SSSR count). The van der Waals surface area contributed by atoms with E-state index in [4.69, 9.17) is 4.74 Å². The average molecular weight is 226 g/mol. The van der Waals surface area contributed by atoms with E-state index in [-0.39, 0.29) is 32.1 Å². The number of nitrogens with one attached hydrogen (secondary N) is 1. The van der Waals surface area contributed by atoms with Gasteiger partial charge < -0.3 is 10.1 Å². The minimum absolute atomic E-state index is 0.105. The van der Waals surface area contributed by atoms with Crippen LogP contribution in [0.25, 0.3) is 0 Å². The number of hydrogen-bond donors (Lipinski definition) is 1. The first-order chi connectivity index (χ1) is 6.95. The number of carbonyl (C=O) groups is 1. The summed E-state index contributed by atoms with van der Waals surface area (Å²) in [5.74, 6) is -0.383. The van der Waals surface area contributed by atoms with Crippen LogP contribution in [0.3, 0.4) is 0 Å². The van der Waals surface area contributed by atoms with E-state index in [0.717, 1.165) is 4.90 Å². The van der Waals surface area contributed by atoms with Crippen LogP contribution in [0.5, 0.6) is 0 Å². The maximum absolute atomic E-state index is 12.5. The SMILES string of the molecule is COCCN1CC(=O)NCC1C(F)(F)F. The Bertz CT molecular complexity index is 232. The van der Waals surface area contributed by atoms with E-state index in [0.29, 0.717) is 0 Å². The monoisotopic (exact) mass is 226 g/mol. The van der Waals surface area contributed by atoms with Crippen molar-refractivity contribution in [3.63, 3.8) is 0 Å². The molecule has 1 saturated heterocycles. The van der Waals surface area contributed by atoms with Crippen LogP contribution in [-0.4, -0.2) is 56.4 Å². The van der Waals surface area contributed by atoms with Gasteiger partial charge in [-0.05, 0) is 0 Å². The molecule has 4 nitrogen and oxygen atoms in total. The molecular weight excluding hydrogens is 213 g/mol. The first-order valence-corrected chi connectivity index (χ1v) is 4.51. The van der Waals surface area contributed by atoms with Gasteiger partial charge in [-0.25, -0.2) is 0 Å². The van der Waals surface area contributed by atoms with Gasteiger partial charge >= 0.3 is 6.18 Å². The van der Waals surface area contributed by atoms with Crippen LogP contribution in [0.1, 0.15) is 0 Å². The highest BCUT2D eigenvalue weighted by Crippen LogP contribution is 2.25. The summed E-state index contributed by atoms with van der Waals surface area (Å²) in [7, 11) is 1.41. The van der Waals surface area contributed by atoms with Gasteiger partial charge in [-0.1, -0.05) is 0 Å². The third kappa shape index (κ3) is 3.35. The van der Waals surface area contributed by atoms with Crippen molar-refractivity contribution in [2.24, 2.45) is 0 Å². The number of alkyl halides is 3. The second kappa shape index (κ2) is 4.80. The van der Waals surface area contributed by atoms with E-state index < -0.39 is 12.2 Å². The molecular formula is C8H13F3N2O2. The maximum Gasteiger partial charge on any atom is 0.405 e. The van der Waals surface area contributed by atoms with Crippen LogP contribution >= 0.6 is 0 Å². The summed E-state index contributed by atoms with van der Waals surface area (Å²) < 4.78 is 42.2. The number of nitrogens with zero attached hydrogens (tertiary/aromatic N) is 1. The normalized spacial score (nSPS) is 24.0. The molecule has 0 aromatic carbocycles. The number of amides is 1.